The Balaban J connectivity index is 2.39. The maximum absolute atomic E-state index is 5.51. The lowest BCUT2D eigenvalue weighted by molar-refractivity contribution is 1.05. The summed E-state index contributed by atoms with van der Waals surface area (Å²) in [5, 5.41) is 0.899. The molecule has 2 aromatic rings. The van der Waals surface area contributed by atoms with Crippen molar-refractivity contribution in [2.24, 2.45) is 5.73 Å². The Morgan fingerprint density at radius 1 is 1.43 bits per heavy atom. The van der Waals surface area contributed by atoms with Gasteiger partial charge in [0.2, 0.25) is 0 Å². The summed E-state index contributed by atoms with van der Waals surface area (Å²) in [5.74, 6) is 0.756. The molecular formula is C9H10N4S. The molecule has 0 aliphatic carbocycles. The van der Waals surface area contributed by atoms with Crippen LogP contribution in [-0.2, 0) is 6.54 Å². The average molecular weight is 206 g/mol. The molecule has 0 aromatic carbocycles. The molecule has 0 saturated heterocycles. The van der Waals surface area contributed by atoms with Crippen LogP contribution in [0.5, 0.6) is 0 Å². The van der Waals surface area contributed by atoms with E-state index in [0.29, 0.717) is 6.54 Å². The van der Waals surface area contributed by atoms with Gasteiger partial charge >= 0.3 is 0 Å². The van der Waals surface area contributed by atoms with Crippen molar-refractivity contribution in [2.45, 2.75) is 13.5 Å². The zero-order chi connectivity index (χ0) is 9.97. The molecule has 2 heterocycles. The van der Waals surface area contributed by atoms with Crippen LogP contribution >= 0.6 is 11.3 Å². The summed E-state index contributed by atoms with van der Waals surface area (Å²) in [6, 6.07) is 1.85. The predicted octanol–water partition coefficient (Wildman–Crippen LogP) is 1.37. The van der Waals surface area contributed by atoms with Crippen LogP contribution in [0.1, 0.15) is 10.7 Å². The summed E-state index contributed by atoms with van der Waals surface area (Å²) in [6.07, 6.45) is 3.53. The lowest BCUT2D eigenvalue weighted by Crippen LogP contribution is -1.91. The molecule has 0 aliphatic heterocycles. The number of aromatic nitrogens is 3. The fourth-order valence-electron chi connectivity index (χ4n) is 1.10. The molecule has 2 rings (SSSR count). The van der Waals surface area contributed by atoms with Crippen LogP contribution in [0.15, 0.2) is 18.5 Å². The smallest absolute Gasteiger partial charge is 0.142 e. The van der Waals surface area contributed by atoms with Crippen molar-refractivity contribution >= 4 is 11.3 Å². The highest BCUT2D eigenvalue weighted by Crippen LogP contribution is 2.22. The molecule has 2 aromatic heterocycles. The predicted molar refractivity (Wildman–Crippen MR) is 55.8 cm³/mol. The van der Waals surface area contributed by atoms with E-state index in [1.807, 2.05) is 13.0 Å². The molecule has 0 radical (unpaired) electrons. The molecule has 0 fully saturated rings. The summed E-state index contributed by atoms with van der Waals surface area (Å²) in [6.45, 7) is 2.39. The highest BCUT2D eigenvalue weighted by molar-refractivity contribution is 7.14. The van der Waals surface area contributed by atoms with E-state index >= 15 is 0 Å². The monoisotopic (exact) mass is 206 g/mol. The van der Waals surface area contributed by atoms with Crippen molar-refractivity contribution in [3.63, 3.8) is 0 Å². The Morgan fingerprint density at radius 3 is 2.93 bits per heavy atom. The van der Waals surface area contributed by atoms with Gasteiger partial charge in [-0.15, -0.1) is 11.3 Å². The first-order valence-electron chi connectivity index (χ1n) is 4.24. The van der Waals surface area contributed by atoms with E-state index in [1.54, 1.807) is 23.7 Å². The molecule has 5 heteroatoms. The van der Waals surface area contributed by atoms with Crippen molar-refractivity contribution in [2.75, 3.05) is 0 Å². The maximum atomic E-state index is 5.51. The number of hydrogen-bond acceptors (Lipinski definition) is 5. The van der Waals surface area contributed by atoms with E-state index in [4.69, 9.17) is 5.73 Å². The highest BCUT2D eigenvalue weighted by Gasteiger charge is 2.04. The number of thiazole rings is 1. The Labute approximate surface area is 85.9 Å². The molecule has 2 N–H and O–H groups in total. The number of nitrogens with zero attached hydrogens (tertiary/aromatic N) is 3. The van der Waals surface area contributed by atoms with Crippen LogP contribution < -0.4 is 5.73 Å². The zero-order valence-corrected chi connectivity index (χ0v) is 8.58. The normalized spacial score (nSPS) is 10.4. The van der Waals surface area contributed by atoms with Gasteiger partial charge in [0.05, 0.1) is 0 Å². The van der Waals surface area contributed by atoms with Crippen LogP contribution in [0.25, 0.3) is 10.7 Å². The summed E-state index contributed by atoms with van der Waals surface area (Å²) in [4.78, 5) is 13.6. The second kappa shape index (κ2) is 3.81. The van der Waals surface area contributed by atoms with Crippen LogP contribution in [0.2, 0.25) is 0 Å². The van der Waals surface area contributed by atoms with E-state index in [2.05, 4.69) is 15.0 Å². The Hall–Kier alpha value is -1.33. The first-order chi connectivity index (χ1) is 6.79. The van der Waals surface area contributed by atoms with Gasteiger partial charge in [0.15, 0.2) is 0 Å². The van der Waals surface area contributed by atoms with Gasteiger partial charge in [-0.2, -0.15) is 0 Å². The van der Waals surface area contributed by atoms with Crippen LogP contribution in [0.3, 0.4) is 0 Å². The maximum Gasteiger partial charge on any atom is 0.142 e. The first kappa shape index (κ1) is 9.23. The summed E-state index contributed by atoms with van der Waals surface area (Å²) in [7, 11) is 0. The van der Waals surface area contributed by atoms with E-state index in [9.17, 15) is 0 Å². The SMILES string of the molecule is Cc1nccc(-c2ncc(CN)s2)n1. The minimum atomic E-state index is 0.529. The van der Waals surface area contributed by atoms with Crippen molar-refractivity contribution in [3.8, 4) is 10.7 Å². The molecular weight excluding hydrogens is 196 g/mol. The number of aryl methyl sites for hydroxylation is 1. The number of rotatable bonds is 2. The third kappa shape index (κ3) is 1.78. The Morgan fingerprint density at radius 2 is 2.29 bits per heavy atom. The average Bonchev–Trinajstić information content (AvgIpc) is 2.66. The minimum Gasteiger partial charge on any atom is -0.326 e. The number of hydrogen-bond donors (Lipinski definition) is 1. The van der Waals surface area contributed by atoms with E-state index in [1.165, 1.54) is 0 Å². The molecule has 0 saturated carbocycles. The summed E-state index contributed by atoms with van der Waals surface area (Å²) in [5.41, 5.74) is 6.37. The molecule has 0 aliphatic rings. The third-order valence-corrected chi connectivity index (χ3v) is 2.79. The van der Waals surface area contributed by atoms with Crippen LogP contribution in [0.4, 0.5) is 0 Å². The molecule has 4 nitrogen and oxygen atoms in total. The zero-order valence-electron chi connectivity index (χ0n) is 7.77. The van der Waals surface area contributed by atoms with Gasteiger partial charge in [0.1, 0.15) is 16.5 Å². The largest absolute Gasteiger partial charge is 0.326 e. The van der Waals surface area contributed by atoms with Crippen molar-refractivity contribution in [3.05, 3.63) is 29.2 Å². The van der Waals surface area contributed by atoms with Gasteiger partial charge in [-0.05, 0) is 13.0 Å². The topological polar surface area (TPSA) is 64.7 Å². The van der Waals surface area contributed by atoms with Gasteiger partial charge in [-0.3, -0.25) is 0 Å². The van der Waals surface area contributed by atoms with Gasteiger partial charge < -0.3 is 5.73 Å². The third-order valence-electron chi connectivity index (χ3n) is 1.75. The van der Waals surface area contributed by atoms with Crippen LogP contribution in [0, 0.1) is 6.92 Å². The fraction of sp³-hybridized carbons (Fsp3) is 0.222. The second-order valence-electron chi connectivity index (χ2n) is 2.82. The molecule has 0 unspecified atom stereocenters. The van der Waals surface area contributed by atoms with Gasteiger partial charge in [0.25, 0.3) is 0 Å². The molecule has 72 valence electrons. The molecule has 0 atom stereocenters. The quantitative estimate of drug-likeness (QED) is 0.806. The minimum absolute atomic E-state index is 0.529. The first-order valence-corrected chi connectivity index (χ1v) is 5.06. The van der Waals surface area contributed by atoms with Gasteiger partial charge in [0, 0.05) is 23.8 Å². The van der Waals surface area contributed by atoms with Crippen LogP contribution in [-0.4, -0.2) is 15.0 Å². The molecule has 0 spiro atoms. The Kier molecular flexibility index (Phi) is 2.51. The van der Waals surface area contributed by atoms with E-state index < -0.39 is 0 Å². The van der Waals surface area contributed by atoms with E-state index in [-0.39, 0.29) is 0 Å². The molecule has 14 heavy (non-hydrogen) atoms. The Bertz CT molecular complexity index is 438. The highest BCUT2D eigenvalue weighted by atomic mass is 32.1. The van der Waals surface area contributed by atoms with Gasteiger partial charge in [-0.25, -0.2) is 15.0 Å². The number of nitrogens with two attached hydrogens (primary N) is 1. The lowest BCUT2D eigenvalue weighted by atomic mass is 10.4. The summed E-state index contributed by atoms with van der Waals surface area (Å²) < 4.78 is 0. The molecule has 0 amide bonds. The lowest BCUT2D eigenvalue weighted by Gasteiger charge is -1.95. The fourth-order valence-corrected chi connectivity index (χ4v) is 1.86. The van der Waals surface area contributed by atoms with Crippen molar-refractivity contribution in [1.82, 2.24) is 15.0 Å². The van der Waals surface area contributed by atoms with Crippen molar-refractivity contribution < 1.29 is 0 Å². The standard InChI is InChI=1S/C9H10N4S/c1-6-11-3-2-8(13-6)9-12-5-7(4-10)14-9/h2-3,5H,4,10H2,1H3. The van der Waals surface area contributed by atoms with E-state index in [0.717, 1.165) is 21.4 Å². The molecule has 0 bridgehead atoms. The van der Waals surface area contributed by atoms with Crippen molar-refractivity contribution in [1.29, 1.82) is 0 Å². The van der Waals surface area contributed by atoms with Gasteiger partial charge in [-0.1, -0.05) is 0 Å². The summed E-state index contributed by atoms with van der Waals surface area (Å²) >= 11 is 1.57. The second-order valence-corrected chi connectivity index (χ2v) is 3.94.